The molecule has 2 aromatic rings. The van der Waals surface area contributed by atoms with Gasteiger partial charge in [-0.15, -0.1) is 0 Å². The molecule has 1 aromatic carbocycles. The molecule has 34 heavy (non-hydrogen) atoms. The summed E-state index contributed by atoms with van der Waals surface area (Å²) in [5.41, 5.74) is -0.741. The maximum Gasteiger partial charge on any atom is 0.434 e. The molecule has 0 saturated carbocycles. The highest BCUT2D eigenvalue weighted by molar-refractivity contribution is 7.89. The van der Waals surface area contributed by atoms with Crippen molar-refractivity contribution in [2.24, 2.45) is 0 Å². The first kappa shape index (κ1) is 27.7. The van der Waals surface area contributed by atoms with Crippen molar-refractivity contribution >= 4 is 39.1 Å². The predicted molar refractivity (Wildman–Crippen MR) is 104 cm³/mol. The Labute approximate surface area is 196 Å². The van der Waals surface area contributed by atoms with Gasteiger partial charge in [0.1, 0.15) is 23.2 Å². The van der Waals surface area contributed by atoms with E-state index in [9.17, 15) is 43.9 Å². The summed E-state index contributed by atoms with van der Waals surface area (Å²) in [5.74, 6) is -3.87. The van der Waals surface area contributed by atoms with Crippen molar-refractivity contribution in [2.75, 3.05) is 6.26 Å². The average molecular weight is 559 g/mol. The van der Waals surface area contributed by atoms with Crippen molar-refractivity contribution in [2.45, 2.75) is 25.1 Å². The van der Waals surface area contributed by atoms with E-state index in [1.807, 2.05) is 0 Å². The van der Waals surface area contributed by atoms with Crippen LogP contribution in [0.1, 0.15) is 15.9 Å². The van der Waals surface area contributed by atoms with Gasteiger partial charge in [-0.3, -0.25) is 4.79 Å². The molecule has 0 spiro atoms. The van der Waals surface area contributed by atoms with Gasteiger partial charge in [-0.05, 0) is 12.1 Å². The van der Waals surface area contributed by atoms with Gasteiger partial charge < -0.3 is 9.47 Å². The summed E-state index contributed by atoms with van der Waals surface area (Å²) in [6, 6.07) is 2.38. The van der Waals surface area contributed by atoms with Crippen LogP contribution < -0.4 is 14.2 Å². The lowest BCUT2D eigenvalue weighted by Gasteiger charge is -2.23. The number of benzene rings is 1. The molecule has 17 heteroatoms. The van der Waals surface area contributed by atoms with Gasteiger partial charge >= 0.3 is 12.4 Å². The molecule has 188 valence electrons. The summed E-state index contributed by atoms with van der Waals surface area (Å²) < 4.78 is 123. The minimum absolute atomic E-state index is 0.0549. The van der Waals surface area contributed by atoms with E-state index in [1.54, 1.807) is 4.72 Å². The van der Waals surface area contributed by atoms with Crippen LogP contribution in [0.25, 0.3) is 0 Å². The Bertz CT molecular complexity index is 1180. The number of amides is 1. The van der Waals surface area contributed by atoms with E-state index in [2.05, 4.69) is 9.72 Å². The second-order valence-corrected chi connectivity index (χ2v) is 9.02. The number of carbonyl (C=O) groups excluding carboxylic acids is 1. The molecule has 0 saturated heterocycles. The molecule has 0 fully saturated rings. The number of aromatic nitrogens is 1. The summed E-state index contributed by atoms with van der Waals surface area (Å²) in [4.78, 5) is 15.1. The van der Waals surface area contributed by atoms with Crippen molar-refractivity contribution in [1.29, 1.82) is 0 Å². The number of pyridine rings is 1. The number of hydrogen-bond acceptors (Lipinski definition) is 6. The van der Waals surface area contributed by atoms with E-state index in [1.165, 1.54) is 0 Å². The van der Waals surface area contributed by atoms with E-state index in [4.69, 9.17) is 27.9 Å². The standard InChI is InChI=1S/C17H11Cl2F7N2O5S/c1-34(30,31)28-13(29)9-4-10(18)7(2-12(9)20)6-32-8-3-11(19)14(27-5-8)33-15(16(21,22)23)17(24,25)26/h2-5,15H,6H2,1H3,(H,28,29). The summed E-state index contributed by atoms with van der Waals surface area (Å²) in [5, 5.41) is -0.974. The van der Waals surface area contributed by atoms with Crippen molar-refractivity contribution in [1.82, 2.24) is 9.71 Å². The summed E-state index contributed by atoms with van der Waals surface area (Å²) in [6.45, 7) is -0.504. The molecule has 1 heterocycles. The van der Waals surface area contributed by atoms with Crippen molar-refractivity contribution < 1.29 is 53.4 Å². The van der Waals surface area contributed by atoms with Crippen molar-refractivity contribution in [3.63, 3.8) is 0 Å². The van der Waals surface area contributed by atoms with Crippen molar-refractivity contribution in [3.8, 4) is 11.6 Å². The highest BCUT2D eigenvalue weighted by Crippen LogP contribution is 2.38. The number of rotatable bonds is 7. The number of halogens is 9. The fraction of sp³-hybridized carbons (Fsp3) is 0.294. The summed E-state index contributed by atoms with van der Waals surface area (Å²) in [7, 11) is -3.98. The van der Waals surface area contributed by atoms with Crippen molar-refractivity contribution in [3.05, 3.63) is 51.4 Å². The van der Waals surface area contributed by atoms with E-state index in [0.717, 1.165) is 18.2 Å². The lowest BCUT2D eigenvalue weighted by molar-refractivity contribution is -0.300. The Balaban J connectivity index is 2.17. The molecule has 2 rings (SSSR count). The number of ether oxygens (including phenoxy) is 2. The second kappa shape index (κ2) is 10.00. The second-order valence-electron chi connectivity index (χ2n) is 6.45. The number of nitrogens with zero attached hydrogens (tertiary/aromatic N) is 1. The lowest BCUT2D eigenvalue weighted by atomic mass is 10.1. The first-order valence-corrected chi connectivity index (χ1v) is 11.1. The molecule has 7 nitrogen and oxygen atoms in total. The molecular formula is C17H11Cl2F7N2O5S. The zero-order valence-electron chi connectivity index (χ0n) is 16.4. The number of alkyl halides is 6. The smallest absolute Gasteiger partial charge is 0.434 e. The van der Waals surface area contributed by atoms with E-state index >= 15 is 0 Å². The maximum absolute atomic E-state index is 14.2. The third kappa shape index (κ3) is 7.50. The summed E-state index contributed by atoms with van der Waals surface area (Å²) in [6.07, 6.45) is -14.4. The average Bonchev–Trinajstić information content (AvgIpc) is 2.64. The predicted octanol–water partition coefficient (Wildman–Crippen LogP) is 4.67. The molecule has 0 aliphatic carbocycles. The SMILES string of the molecule is CS(=O)(=O)NC(=O)c1cc(Cl)c(COc2cnc(OC(C(F)(F)F)C(F)(F)F)c(Cl)c2)cc1F. The first-order chi connectivity index (χ1) is 15.4. The van der Waals surface area contributed by atoms with Gasteiger partial charge in [0.2, 0.25) is 15.9 Å². The fourth-order valence-corrected chi connectivity index (χ4v) is 3.13. The van der Waals surface area contributed by atoms with Gasteiger partial charge in [0.05, 0.1) is 18.0 Å². The molecule has 1 amide bonds. The van der Waals surface area contributed by atoms with E-state index in [0.29, 0.717) is 12.5 Å². The van der Waals surface area contributed by atoms with Crippen LogP contribution in [-0.2, 0) is 16.6 Å². The molecule has 1 aromatic heterocycles. The third-order valence-electron chi connectivity index (χ3n) is 3.66. The number of nitrogens with one attached hydrogen (secondary N) is 1. The molecule has 0 bridgehead atoms. The zero-order valence-corrected chi connectivity index (χ0v) is 18.7. The van der Waals surface area contributed by atoms with Crippen LogP contribution in [0.4, 0.5) is 30.7 Å². The van der Waals surface area contributed by atoms with Gasteiger partial charge in [0, 0.05) is 16.7 Å². The lowest BCUT2D eigenvalue weighted by Crippen LogP contribution is -2.46. The molecule has 0 radical (unpaired) electrons. The number of sulfonamides is 1. The Morgan fingerprint density at radius 1 is 1.09 bits per heavy atom. The Morgan fingerprint density at radius 2 is 1.68 bits per heavy atom. The molecule has 0 aliphatic heterocycles. The number of carbonyl (C=O) groups is 1. The topological polar surface area (TPSA) is 94.6 Å². The Hall–Kier alpha value is -2.52. The first-order valence-electron chi connectivity index (χ1n) is 8.47. The Kier molecular flexibility index (Phi) is 8.15. The summed E-state index contributed by atoms with van der Waals surface area (Å²) >= 11 is 11.6. The van der Waals surface area contributed by atoms with Crippen LogP contribution in [0.2, 0.25) is 10.0 Å². The highest BCUT2D eigenvalue weighted by atomic mass is 35.5. The van der Waals surface area contributed by atoms with E-state index in [-0.39, 0.29) is 16.3 Å². The molecule has 0 atom stereocenters. The van der Waals surface area contributed by atoms with Crippen LogP contribution >= 0.6 is 23.2 Å². The number of hydrogen-bond donors (Lipinski definition) is 1. The van der Waals surface area contributed by atoms with E-state index < -0.39 is 63.3 Å². The van der Waals surface area contributed by atoms with Gasteiger partial charge in [-0.2, -0.15) is 26.3 Å². The normalized spacial score (nSPS) is 12.6. The monoisotopic (exact) mass is 558 g/mol. The highest BCUT2D eigenvalue weighted by Gasteiger charge is 2.59. The molecule has 0 unspecified atom stereocenters. The Morgan fingerprint density at radius 3 is 2.18 bits per heavy atom. The third-order valence-corrected chi connectivity index (χ3v) is 4.84. The van der Waals surface area contributed by atoms with Crippen LogP contribution in [0.5, 0.6) is 11.6 Å². The maximum atomic E-state index is 14.2. The van der Waals surface area contributed by atoms with Crippen LogP contribution in [0, 0.1) is 5.82 Å². The largest absolute Gasteiger partial charge is 0.487 e. The van der Waals surface area contributed by atoms with Crippen LogP contribution in [0.15, 0.2) is 24.4 Å². The molecule has 1 N–H and O–H groups in total. The molecule has 0 aliphatic rings. The van der Waals surface area contributed by atoms with Gasteiger partial charge in [-0.1, -0.05) is 23.2 Å². The van der Waals surface area contributed by atoms with Gasteiger partial charge in [-0.25, -0.2) is 22.5 Å². The molecular weight excluding hydrogens is 548 g/mol. The van der Waals surface area contributed by atoms with Gasteiger partial charge in [0.25, 0.3) is 12.0 Å². The van der Waals surface area contributed by atoms with Crippen LogP contribution in [-0.4, -0.2) is 44.0 Å². The minimum Gasteiger partial charge on any atom is -0.487 e. The van der Waals surface area contributed by atoms with Gasteiger partial charge in [0.15, 0.2) is 0 Å². The minimum atomic E-state index is -5.79. The zero-order chi connectivity index (χ0) is 26.1. The quantitative estimate of drug-likeness (QED) is 0.496. The van der Waals surface area contributed by atoms with Crippen LogP contribution in [0.3, 0.4) is 0 Å². The fourth-order valence-electron chi connectivity index (χ4n) is 2.26.